The Morgan fingerprint density at radius 1 is 0.870 bits per heavy atom. The molecule has 0 atom stereocenters. The van der Waals surface area contributed by atoms with E-state index in [-0.39, 0.29) is 0 Å². The highest BCUT2D eigenvalue weighted by molar-refractivity contribution is 5.98. The quantitative estimate of drug-likeness (QED) is 0.839. The predicted octanol–water partition coefficient (Wildman–Crippen LogP) is 4.34. The lowest BCUT2D eigenvalue weighted by Crippen LogP contribution is -2.07. The molecule has 0 bridgehead atoms. The Balaban J connectivity index is 1.97. The smallest absolute Gasteiger partial charge is 0.161 e. The molecule has 0 saturated carbocycles. The van der Waals surface area contributed by atoms with Gasteiger partial charge in [-0.2, -0.15) is 0 Å². The van der Waals surface area contributed by atoms with Gasteiger partial charge in [-0.05, 0) is 52.6 Å². The van der Waals surface area contributed by atoms with Crippen LogP contribution < -0.4 is 14.4 Å². The lowest BCUT2D eigenvalue weighted by Gasteiger charge is -2.12. The van der Waals surface area contributed by atoms with Gasteiger partial charge in [0.15, 0.2) is 11.5 Å². The van der Waals surface area contributed by atoms with E-state index in [1.165, 1.54) is 22.4 Å². The zero-order valence-corrected chi connectivity index (χ0v) is 14.0. The van der Waals surface area contributed by atoms with Crippen molar-refractivity contribution in [3.8, 4) is 11.5 Å². The molecule has 0 fully saturated rings. The summed E-state index contributed by atoms with van der Waals surface area (Å²) in [5.41, 5.74) is 5.87. The van der Waals surface area contributed by atoms with E-state index in [0.717, 1.165) is 17.1 Å². The SMILES string of the molecule is COc1cc2c(cc1OC)/C(=C\c1ccc(N(C)C)cc1)C=C2. The van der Waals surface area contributed by atoms with Gasteiger partial charge in [0, 0.05) is 19.8 Å². The second-order valence-electron chi connectivity index (χ2n) is 5.71. The first kappa shape index (κ1) is 15.2. The van der Waals surface area contributed by atoms with Gasteiger partial charge in [0.25, 0.3) is 0 Å². The molecule has 1 aliphatic rings. The van der Waals surface area contributed by atoms with Gasteiger partial charge in [-0.3, -0.25) is 0 Å². The molecule has 0 spiro atoms. The third-order valence-electron chi connectivity index (χ3n) is 4.04. The van der Waals surface area contributed by atoms with E-state index in [0.29, 0.717) is 0 Å². The van der Waals surface area contributed by atoms with E-state index in [1.807, 2.05) is 26.2 Å². The molecule has 118 valence electrons. The van der Waals surface area contributed by atoms with Crippen LogP contribution in [0.5, 0.6) is 11.5 Å². The van der Waals surface area contributed by atoms with Crippen LogP contribution in [0.4, 0.5) is 5.69 Å². The van der Waals surface area contributed by atoms with Crippen molar-refractivity contribution in [1.29, 1.82) is 0 Å². The molecule has 2 aromatic carbocycles. The van der Waals surface area contributed by atoms with Crippen LogP contribution in [-0.2, 0) is 0 Å². The monoisotopic (exact) mass is 307 g/mol. The normalized spacial score (nSPS) is 14.0. The summed E-state index contributed by atoms with van der Waals surface area (Å²) in [6.45, 7) is 0. The number of nitrogens with zero attached hydrogens (tertiary/aromatic N) is 1. The van der Waals surface area contributed by atoms with Crippen LogP contribution in [-0.4, -0.2) is 28.3 Å². The zero-order chi connectivity index (χ0) is 16.4. The van der Waals surface area contributed by atoms with E-state index in [1.54, 1.807) is 14.2 Å². The first-order valence-electron chi connectivity index (χ1n) is 7.56. The summed E-state index contributed by atoms with van der Waals surface area (Å²) >= 11 is 0. The lowest BCUT2D eigenvalue weighted by molar-refractivity contribution is 0.355. The fourth-order valence-corrected chi connectivity index (χ4v) is 2.73. The number of allylic oxidation sites excluding steroid dienone is 2. The third kappa shape index (κ3) is 2.95. The molecule has 0 N–H and O–H groups in total. The molecular weight excluding hydrogens is 286 g/mol. The average molecular weight is 307 g/mol. The molecule has 23 heavy (non-hydrogen) atoms. The number of fused-ring (bicyclic) bond motifs is 1. The van der Waals surface area contributed by atoms with Crippen molar-refractivity contribution in [2.75, 3.05) is 33.2 Å². The van der Waals surface area contributed by atoms with Crippen LogP contribution in [0.1, 0.15) is 16.7 Å². The maximum Gasteiger partial charge on any atom is 0.161 e. The Labute approximate surface area is 137 Å². The summed E-state index contributed by atoms with van der Waals surface area (Å²) in [6.07, 6.45) is 6.43. The number of hydrogen-bond acceptors (Lipinski definition) is 3. The van der Waals surface area contributed by atoms with Crippen LogP contribution >= 0.6 is 0 Å². The van der Waals surface area contributed by atoms with Crippen LogP contribution in [0, 0.1) is 0 Å². The van der Waals surface area contributed by atoms with Crippen molar-refractivity contribution in [1.82, 2.24) is 0 Å². The van der Waals surface area contributed by atoms with Gasteiger partial charge in [-0.1, -0.05) is 24.3 Å². The second kappa shape index (κ2) is 6.21. The molecule has 3 heteroatoms. The second-order valence-corrected chi connectivity index (χ2v) is 5.71. The van der Waals surface area contributed by atoms with E-state index < -0.39 is 0 Å². The number of hydrogen-bond donors (Lipinski definition) is 0. The molecule has 0 saturated heterocycles. The molecule has 3 nitrogen and oxygen atoms in total. The Kier molecular flexibility index (Phi) is 4.11. The minimum atomic E-state index is 0.754. The van der Waals surface area contributed by atoms with E-state index in [2.05, 4.69) is 47.4 Å². The summed E-state index contributed by atoms with van der Waals surface area (Å²) in [5.74, 6) is 1.51. The summed E-state index contributed by atoms with van der Waals surface area (Å²) in [7, 11) is 7.41. The largest absolute Gasteiger partial charge is 0.493 e. The van der Waals surface area contributed by atoms with Crippen LogP contribution in [0.3, 0.4) is 0 Å². The van der Waals surface area contributed by atoms with E-state index in [9.17, 15) is 0 Å². The van der Waals surface area contributed by atoms with Crippen molar-refractivity contribution in [3.05, 3.63) is 59.2 Å². The minimum absolute atomic E-state index is 0.754. The summed E-state index contributed by atoms with van der Waals surface area (Å²) in [6, 6.07) is 12.6. The van der Waals surface area contributed by atoms with Gasteiger partial charge in [0.2, 0.25) is 0 Å². The van der Waals surface area contributed by atoms with Gasteiger partial charge < -0.3 is 14.4 Å². The lowest BCUT2D eigenvalue weighted by atomic mass is 10.0. The first-order valence-corrected chi connectivity index (χ1v) is 7.56. The Morgan fingerprint density at radius 2 is 1.52 bits per heavy atom. The zero-order valence-electron chi connectivity index (χ0n) is 14.0. The Morgan fingerprint density at radius 3 is 2.13 bits per heavy atom. The molecule has 0 unspecified atom stereocenters. The number of rotatable bonds is 4. The van der Waals surface area contributed by atoms with Crippen molar-refractivity contribution < 1.29 is 9.47 Å². The van der Waals surface area contributed by atoms with Crippen LogP contribution in [0.25, 0.3) is 17.7 Å². The first-order chi connectivity index (χ1) is 11.1. The Bertz CT molecular complexity index is 771. The highest BCUT2D eigenvalue weighted by atomic mass is 16.5. The van der Waals surface area contributed by atoms with E-state index >= 15 is 0 Å². The van der Waals surface area contributed by atoms with Crippen molar-refractivity contribution in [2.45, 2.75) is 0 Å². The fraction of sp³-hybridized carbons (Fsp3) is 0.200. The standard InChI is InChI=1S/C20H21NO2/c1-21(2)17-9-5-14(6-10-17)11-15-7-8-16-12-19(22-3)20(23-4)13-18(15)16/h5-13H,1-4H3/b15-11-. The highest BCUT2D eigenvalue weighted by Gasteiger charge is 2.15. The molecule has 0 amide bonds. The highest BCUT2D eigenvalue weighted by Crippen LogP contribution is 2.39. The maximum atomic E-state index is 5.42. The molecule has 3 rings (SSSR count). The van der Waals surface area contributed by atoms with Gasteiger partial charge in [-0.25, -0.2) is 0 Å². The number of benzene rings is 2. The van der Waals surface area contributed by atoms with E-state index in [4.69, 9.17) is 9.47 Å². The minimum Gasteiger partial charge on any atom is -0.493 e. The fourth-order valence-electron chi connectivity index (χ4n) is 2.73. The van der Waals surface area contributed by atoms with Gasteiger partial charge in [-0.15, -0.1) is 0 Å². The third-order valence-corrected chi connectivity index (χ3v) is 4.04. The number of methoxy groups -OCH3 is 2. The molecular formula is C20H21NO2. The van der Waals surface area contributed by atoms with Gasteiger partial charge in [0.1, 0.15) is 0 Å². The number of ether oxygens (including phenoxy) is 2. The molecule has 0 aromatic heterocycles. The van der Waals surface area contributed by atoms with Crippen LogP contribution in [0.2, 0.25) is 0 Å². The van der Waals surface area contributed by atoms with Gasteiger partial charge >= 0.3 is 0 Å². The topological polar surface area (TPSA) is 21.7 Å². The molecule has 0 radical (unpaired) electrons. The summed E-state index contributed by atoms with van der Waals surface area (Å²) < 4.78 is 10.8. The molecule has 0 aliphatic heterocycles. The molecule has 0 heterocycles. The number of anilines is 1. The van der Waals surface area contributed by atoms with Crippen LogP contribution in [0.15, 0.2) is 42.5 Å². The van der Waals surface area contributed by atoms with Crippen molar-refractivity contribution >= 4 is 23.4 Å². The maximum absolute atomic E-state index is 5.42. The van der Waals surface area contributed by atoms with Crippen molar-refractivity contribution in [3.63, 3.8) is 0 Å². The molecule has 2 aromatic rings. The van der Waals surface area contributed by atoms with Gasteiger partial charge in [0.05, 0.1) is 14.2 Å². The predicted molar refractivity (Wildman–Crippen MR) is 97.2 cm³/mol. The summed E-state index contributed by atoms with van der Waals surface area (Å²) in [5, 5.41) is 0. The average Bonchev–Trinajstić information content (AvgIpc) is 2.96. The Hall–Kier alpha value is -2.68. The molecule has 1 aliphatic carbocycles. The summed E-state index contributed by atoms with van der Waals surface area (Å²) in [4.78, 5) is 2.10. The van der Waals surface area contributed by atoms with Crippen molar-refractivity contribution in [2.24, 2.45) is 0 Å².